The average Bonchev–Trinajstić information content (AvgIpc) is 3.15. The van der Waals surface area contributed by atoms with E-state index in [0.717, 1.165) is 5.39 Å². The minimum Gasteiger partial charge on any atom is -0.449 e. The van der Waals surface area contributed by atoms with Gasteiger partial charge in [0.05, 0.1) is 11.4 Å². The molecule has 0 spiro atoms. The summed E-state index contributed by atoms with van der Waals surface area (Å²) in [4.78, 5) is 22.4. The largest absolute Gasteiger partial charge is 0.449 e. The van der Waals surface area contributed by atoms with Crippen molar-refractivity contribution in [2.45, 2.75) is 30.3 Å². The van der Waals surface area contributed by atoms with E-state index >= 15 is 0 Å². The highest BCUT2D eigenvalue weighted by Gasteiger charge is 2.25. The van der Waals surface area contributed by atoms with Gasteiger partial charge in [0.1, 0.15) is 16.9 Å². The second-order valence-electron chi connectivity index (χ2n) is 7.77. The molecule has 1 saturated heterocycles. The number of aromatic amines is 1. The highest BCUT2D eigenvalue weighted by molar-refractivity contribution is 7.89. The van der Waals surface area contributed by atoms with Crippen molar-refractivity contribution < 1.29 is 12.8 Å². The Bertz CT molecular complexity index is 1390. The van der Waals surface area contributed by atoms with Crippen molar-refractivity contribution >= 4 is 32.1 Å². The average molecular weight is 439 g/mol. The molecule has 0 unspecified atom stereocenters. The van der Waals surface area contributed by atoms with E-state index in [1.165, 1.54) is 0 Å². The predicted molar refractivity (Wildman–Crippen MR) is 117 cm³/mol. The van der Waals surface area contributed by atoms with Crippen molar-refractivity contribution in [1.82, 2.24) is 19.6 Å². The van der Waals surface area contributed by atoms with E-state index in [1.807, 2.05) is 24.3 Å². The first-order valence-corrected chi connectivity index (χ1v) is 11.7. The van der Waals surface area contributed by atoms with Crippen LogP contribution in [0, 0.1) is 0 Å². The number of furan rings is 1. The van der Waals surface area contributed by atoms with E-state index < -0.39 is 10.0 Å². The fourth-order valence-electron chi connectivity index (χ4n) is 4.03. The zero-order valence-corrected chi connectivity index (χ0v) is 17.6. The molecule has 160 valence electrons. The Hall–Kier alpha value is -3.01. The Kier molecular flexibility index (Phi) is 5.09. The molecule has 9 heteroatoms. The number of benzene rings is 2. The van der Waals surface area contributed by atoms with Crippen LogP contribution < -0.4 is 10.3 Å². The van der Waals surface area contributed by atoms with Crippen molar-refractivity contribution in [3.05, 3.63) is 70.8 Å². The predicted octanol–water partition coefficient (Wildman–Crippen LogP) is 2.61. The van der Waals surface area contributed by atoms with Crippen molar-refractivity contribution in [2.24, 2.45) is 0 Å². The Labute approximate surface area is 179 Å². The molecule has 3 heterocycles. The molecule has 1 fully saturated rings. The smallest absolute Gasteiger partial charge is 0.294 e. The van der Waals surface area contributed by atoms with E-state index in [1.54, 1.807) is 30.3 Å². The molecule has 8 nitrogen and oxygen atoms in total. The monoisotopic (exact) mass is 438 g/mol. The minimum atomic E-state index is -3.52. The van der Waals surface area contributed by atoms with Crippen LogP contribution in [0.3, 0.4) is 0 Å². The number of likely N-dealkylation sites (tertiary alicyclic amines) is 1. The zero-order chi connectivity index (χ0) is 21.4. The highest BCUT2D eigenvalue weighted by Crippen LogP contribution is 2.24. The van der Waals surface area contributed by atoms with Crippen molar-refractivity contribution in [3.8, 4) is 0 Å². The van der Waals surface area contributed by atoms with Crippen LogP contribution in [0.2, 0.25) is 0 Å². The maximum atomic E-state index is 12.5. The quantitative estimate of drug-likeness (QED) is 0.496. The lowest BCUT2D eigenvalue weighted by Gasteiger charge is -2.31. The Morgan fingerprint density at radius 1 is 1.06 bits per heavy atom. The lowest BCUT2D eigenvalue weighted by molar-refractivity contribution is 0.195. The summed E-state index contributed by atoms with van der Waals surface area (Å²) in [6.07, 6.45) is 1.38. The molecule has 4 aromatic rings. The fraction of sp³-hybridized carbons (Fsp3) is 0.273. The lowest BCUT2D eigenvalue weighted by atomic mass is 10.1. The number of H-pyrrole nitrogens is 1. The Morgan fingerprint density at radius 3 is 2.55 bits per heavy atom. The van der Waals surface area contributed by atoms with Gasteiger partial charge in [-0.15, -0.1) is 0 Å². The van der Waals surface area contributed by atoms with Gasteiger partial charge in [-0.05, 0) is 37.1 Å². The third kappa shape index (κ3) is 3.99. The molecule has 0 atom stereocenters. The third-order valence-electron chi connectivity index (χ3n) is 5.62. The summed E-state index contributed by atoms with van der Waals surface area (Å²) in [5.41, 5.74) is 1.15. The molecular weight excluding hydrogens is 416 g/mol. The van der Waals surface area contributed by atoms with Gasteiger partial charge in [0.15, 0.2) is 0 Å². The minimum absolute atomic E-state index is 0.117. The summed E-state index contributed by atoms with van der Waals surface area (Å²) in [5.74, 6) is 0.576. The summed E-state index contributed by atoms with van der Waals surface area (Å²) >= 11 is 0. The fourth-order valence-corrected chi connectivity index (χ4v) is 5.36. The maximum absolute atomic E-state index is 12.5. The van der Waals surface area contributed by atoms with Crippen LogP contribution in [0.4, 0.5) is 0 Å². The molecule has 1 aliphatic heterocycles. The number of sulfonamides is 1. The first-order chi connectivity index (χ1) is 15.0. The summed E-state index contributed by atoms with van der Waals surface area (Å²) in [6.45, 7) is 1.90. The second-order valence-corrected chi connectivity index (χ2v) is 9.49. The highest BCUT2D eigenvalue weighted by atomic mass is 32.2. The molecule has 0 amide bonds. The second kappa shape index (κ2) is 7.92. The van der Waals surface area contributed by atoms with Crippen LogP contribution in [0.1, 0.15) is 18.7 Å². The lowest BCUT2D eigenvalue weighted by Crippen LogP contribution is -2.44. The van der Waals surface area contributed by atoms with Crippen LogP contribution in [0.15, 0.2) is 68.7 Å². The van der Waals surface area contributed by atoms with E-state index in [0.29, 0.717) is 49.4 Å². The number of nitrogens with zero attached hydrogens (tertiary/aromatic N) is 2. The van der Waals surface area contributed by atoms with Gasteiger partial charge < -0.3 is 9.40 Å². The number of rotatable bonds is 5. The molecule has 0 aliphatic carbocycles. The van der Waals surface area contributed by atoms with Crippen LogP contribution in [0.5, 0.6) is 0 Å². The number of piperidine rings is 1. The first kappa shape index (κ1) is 19.9. The first-order valence-electron chi connectivity index (χ1n) is 10.2. The summed E-state index contributed by atoms with van der Waals surface area (Å²) in [6, 6.07) is 15.7. The van der Waals surface area contributed by atoms with Gasteiger partial charge in [-0.1, -0.05) is 30.3 Å². The van der Waals surface area contributed by atoms with Crippen molar-refractivity contribution in [3.63, 3.8) is 0 Å². The van der Waals surface area contributed by atoms with Crippen molar-refractivity contribution in [2.75, 3.05) is 13.1 Å². The molecule has 5 rings (SSSR count). The SMILES string of the molecule is O=c1[nH]c(CN2CCC(NS(=O)(=O)c3ccccc3)CC2)nc2c1oc1ccccc12. The standard InChI is InChI=1S/C22H22N4O4S/c27-22-21-20(17-8-4-5-9-18(17)30-21)23-19(24-22)14-26-12-10-15(11-13-26)25-31(28,29)16-6-2-1-3-7-16/h1-9,15,25H,10-14H2,(H,23,24,27). The number of hydrogen-bond acceptors (Lipinski definition) is 6. The summed E-state index contributed by atoms with van der Waals surface area (Å²) in [5, 5.41) is 0.818. The van der Waals surface area contributed by atoms with Gasteiger partial charge in [-0.2, -0.15) is 0 Å². The van der Waals surface area contributed by atoms with Gasteiger partial charge >= 0.3 is 0 Å². The number of para-hydroxylation sites is 1. The van der Waals surface area contributed by atoms with Gasteiger partial charge in [0.25, 0.3) is 5.56 Å². The van der Waals surface area contributed by atoms with Crippen LogP contribution in [0.25, 0.3) is 22.1 Å². The van der Waals surface area contributed by atoms with E-state index in [9.17, 15) is 13.2 Å². The number of hydrogen-bond donors (Lipinski definition) is 2. The van der Waals surface area contributed by atoms with Crippen LogP contribution in [-0.2, 0) is 16.6 Å². The topological polar surface area (TPSA) is 108 Å². The zero-order valence-electron chi connectivity index (χ0n) is 16.7. The van der Waals surface area contributed by atoms with Crippen molar-refractivity contribution in [1.29, 1.82) is 0 Å². The molecule has 1 aliphatic rings. The van der Waals surface area contributed by atoms with Gasteiger partial charge in [0.2, 0.25) is 15.6 Å². The molecule has 31 heavy (non-hydrogen) atoms. The Morgan fingerprint density at radius 2 is 1.77 bits per heavy atom. The molecule has 0 radical (unpaired) electrons. The molecule has 0 saturated carbocycles. The van der Waals surface area contributed by atoms with Gasteiger partial charge in [-0.3, -0.25) is 9.69 Å². The van der Waals surface area contributed by atoms with Crippen LogP contribution >= 0.6 is 0 Å². The number of fused-ring (bicyclic) bond motifs is 3. The summed E-state index contributed by atoms with van der Waals surface area (Å²) < 4.78 is 33.5. The molecule has 2 N–H and O–H groups in total. The summed E-state index contributed by atoms with van der Waals surface area (Å²) in [7, 11) is -3.52. The van der Waals surface area contributed by atoms with E-state index in [4.69, 9.17) is 4.42 Å². The number of aromatic nitrogens is 2. The molecular formula is C22H22N4O4S. The van der Waals surface area contributed by atoms with E-state index in [-0.39, 0.29) is 22.1 Å². The third-order valence-corrected chi connectivity index (χ3v) is 7.15. The molecule has 2 aromatic carbocycles. The maximum Gasteiger partial charge on any atom is 0.294 e. The number of nitrogens with one attached hydrogen (secondary N) is 2. The Balaban J connectivity index is 1.27. The van der Waals surface area contributed by atoms with Crippen LogP contribution in [-0.4, -0.2) is 42.4 Å². The normalized spacial score (nSPS) is 16.3. The van der Waals surface area contributed by atoms with Gasteiger partial charge in [0, 0.05) is 24.5 Å². The molecule has 0 bridgehead atoms. The van der Waals surface area contributed by atoms with Gasteiger partial charge in [-0.25, -0.2) is 18.1 Å². The van der Waals surface area contributed by atoms with E-state index in [2.05, 4.69) is 19.6 Å². The molecule has 2 aromatic heterocycles.